The molecule has 0 bridgehead atoms. The first-order chi connectivity index (χ1) is 6.54. The summed E-state index contributed by atoms with van der Waals surface area (Å²) in [6, 6.07) is -0.354. The van der Waals surface area contributed by atoms with E-state index in [1.54, 1.807) is 0 Å². The zero-order valence-corrected chi connectivity index (χ0v) is 10.4. The van der Waals surface area contributed by atoms with Crippen LogP contribution in [0, 0.1) is 0 Å². The molecule has 15 heavy (non-hydrogen) atoms. The van der Waals surface area contributed by atoms with Gasteiger partial charge < -0.3 is 15.4 Å². The van der Waals surface area contributed by atoms with Gasteiger partial charge in [-0.25, -0.2) is 0 Å². The van der Waals surface area contributed by atoms with Gasteiger partial charge in [0.05, 0.1) is 18.2 Å². The Morgan fingerprint density at radius 2 is 1.93 bits per heavy atom. The van der Waals surface area contributed by atoms with E-state index < -0.39 is 0 Å². The minimum Gasteiger partial charge on any atom is -0.372 e. The molecule has 2 unspecified atom stereocenters. The summed E-state index contributed by atoms with van der Waals surface area (Å²) in [7, 11) is 0. The first-order valence-electron chi connectivity index (χ1n) is 5.24. The second-order valence-corrected chi connectivity index (χ2v) is 4.02. The van der Waals surface area contributed by atoms with Crippen molar-refractivity contribution in [3.8, 4) is 0 Å². The molecule has 0 aromatic rings. The lowest BCUT2D eigenvalue weighted by Gasteiger charge is -2.36. The number of rotatable bonds is 2. The molecule has 1 fully saturated rings. The van der Waals surface area contributed by atoms with Crippen molar-refractivity contribution in [2.75, 3.05) is 13.1 Å². The van der Waals surface area contributed by atoms with Crippen LogP contribution in [-0.2, 0) is 9.53 Å². The third-order valence-corrected chi connectivity index (χ3v) is 2.49. The van der Waals surface area contributed by atoms with Gasteiger partial charge in [0.2, 0.25) is 5.91 Å². The van der Waals surface area contributed by atoms with Crippen LogP contribution in [0.3, 0.4) is 0 Å². The predicted molar refractivity (Wildman–Crippen MR) is 62.1 cm³/mol. The van der Waals surface area contributed by atoms with E-state index in [-0.39, 0.29) is 36.6 Å². The molecule has 4 nitrogen and oxygen atoms in total. The Hall–Kier alpha value is -0.320. The highest BCUT2D eigenvalue weighted by atomic mass is 35.5. The molecule has 1 aliphatic rings. The van der Waals surface area contributed by atoms with Gasteiger partial charge in [0.15, 0.2) is 0 Å². The summed E-state index contributed by atoms with van der Waals surface area (Å²) in [6.45, 7) is 7.21. The largest absolute Gasteiger partial charge is 0.372 e. The van der Waals surface area contributed by atoms with E-state index in [4.69, 9.17) is 10.5 Å². The van der Waals surface area contributed by atoms with E-state index in [9.17, 15) is 4.79 Å². The van der Waals surface area contributed by atoms with Crippen molar-refractivity contribution in [1.29, 1.82) is 0 Å². The summed E-state index contributed by atoms with van der Waals surface area (Å²) < 4.78 is 5.55. The molecule has 1 aliphatic heterocycles. The van der Waals surface area contributed by atoms with Crippen LogP contribution >= 0.6 is 12.4 Å². The molecular formula is C10H21ClN2O2. The number of halogens is 1. The Kier molecular flexibility index (Phi) is 6.17. The number of hydrogen-bond donors (Lipinski definition) is 1. The van der Waals surface area contributed by atoms with E-state index in [1.807, 2.05) is 25.7 Å². The molecular weight excluding hydrogens is 216 g/mol. The van der Waals surface area contributed by atoms with Crippen molar-refractivity contribution >= 4 is 18.3 Å². The van der Waals surface area contributed by atoms with Crippen molar-refractivity contribution in [1.82, 2.24) is 4.90 Å². The van der Waals surface area contributed by atoms with Crippen molar-refractivity contribution in [2.24, 2.45) is 5.73 Å². The summed E-state index contributed by atoms with van der Waals surface area (Å²) >= 11 is 0. The summed E-state index contributed by atoms with van der Waals surface area (Å²) in [6.07, 6.45) is 0.928. The van der Waals surface area contributed by atoms with Crippen molar-refractivity contribution < 1.29 is 9.53 Å². The molecule has 1 amide bonds. The van der Waals surface area contributed by atoms with Gasteiger partial charge in [0, 0.05) is 13.1 Å². The topological polar surface area (TPSA) is 55.6 Å². The highest BCUT2D eigenvalue weighted by Crippen LogP contribution is 2.11. The van der Waals surface area contributed by atoms with Gasteiger partial charge in [-0.05, 0) is 20.3 Å². The predicted octanol–water partition coefficient (Wildman–Crippen LogP) is 0.781. The molecule has 1 heterocycles. The lowest BCUT2D eigenvalue weighted by molar-refractivity contribution is -0.144. The zero-order chi connectivity index (χ0) is 10.7. The van der Waals surface area contributed by atoms with Gasteiger partial charge in [-0.1, -0.05) is 6.92 Å². The molecule has 0 aliphatic carbocycles. The van der Waals surface area contributed by atoms with E-state index in [2.05, 4.69) is 0 Å². The lowest BCUT2D eigenvalue weighted by Crippen LogP contribution is -2.53. The number of nitrogens with zero attached hydrogens (tertiary/aromatic N) is 1. The highest BCUT2D eigenvalue weighted by molar-refractivity contribution is 5.85. The van der Waals surface area contributed by atoms with Crippen molar-refractivity contribution in [3.63, 3.8) is 0 Å². The Morgan fingerprint density at radius 1 is 1.47 bits per heavy atom. The van der Waals surface area contributed by atoms with Gasteiger partial charge in [-0.15, -0.1) is 12.4 Å². The van der Waals surface area contributed by atoms with Crippen LogP contribution in [0.25, 0.3) is 0 Å². The molecule has 90 valence electrons. The molecule has 1 rings (SSSR count). The Morgan fingerprint density at radius 3 is 2.33 bits per heavy atom. The Labute approximate surface area is 97.5 Å². The van der Waals surface area contributed by atoms with Crippen molar-refractivity contribution in [2.45, 2.75) is 45.4 Å². The summed E-state index contributed by atoms with van der Waals surface area (Å²) in [4.78, 5) is 13.6. The van der Waals surface area contributed by atoms with E-state index in [0.717, 1.165) is 0 Å². The van der Waals surface area contributed by atoms with Gasteiger partial charge >= 0.3 is 0 Å². The molecule has 2 N–H and O–H groups in total. The molecule has 0 aromatic carbocycles. The standard InChI is InChI=1S/C10H20N2O2.ClH/c1-4-9(11)10(13)12-5-7(2)14-8(3)6-12;/h7-9H,4-6,11H2,1-3H3;1H/t7?,8?,9-;/m0./s1. The van der Waals surface area contributed by atoms with Crippen LogP contribution < -0.4 is 5.73 Å². The molecule has 1 saturated heterocycles. The van der Waals surface area contributed by atoms with E-state index in [1.165, 1.54) is 0 Å². The maximum absolute atomic E-state index is 11.8. The molecule has 5 heteroatoms. The van der Waals surface area contributed by atoms with Crippen LogP contribution in [0.15, 0.2) is 0 Å². The minimum absolute atomic E-state index is 0. The third kappa shape index (κ3) is 3.97. The molecule has 3 atom stereocenters. The first-order valence-corrected chi connectivity index (χ1v) is 5.24. The monoisotopic (exact) mass is 236 g/mol. The molecule has 0 saturated carbocycles. The third-order valence-electron chi connectivity index (χ3n) is 2.49. The number of amides is 1. The van der Waals surface area contributed by atoms with Gasteiger partial charge in [-0.3, -0.25) is 4.79 Å². The second kappa shape index (κ2) is 6.30. The fourth-order valence-corrected chi connectivity index (χ4v) is 1.77. The number of hydrogen-bond acceptors (Lipinski definition) is 3. The molecule has 0 aromatic heterocycles. The second-order valence-electron chi connectivity index (χ2n) is 4.02. The zero-order valence-electron chi connectivity index (χ0n) is 9.60. The maximum Gasteiger partial charge on any atom is 0.239 e. The Bertz CT molecular complexity index is 204. The SMILES string of the molecule is CC[C@H](N)C(=O)N1CC(C)OC(C)C1.Cl. The molecule has 0 radical (unpaired) electrons. The summed E-state index contributed by atoms with van der Waals surface area (Å²) in [5.74, 6) is 0.0505. The van der Waals surface area contributed by atoms with Crippen LogP contribution in [0.2, 0.25) is 0 Å². The van der Waals surface area contributed by atoms with Crippen molar-refractivity contribution in [3.05, 3.63) is 0 Å². The highest BCUT2D eigenvalue weighted by Gasteiger charge is 2.27. The summed E-state index contributed by atoms with van der Waals surface area (Å²) in [5.41, 5.74) is 5.71. The number of carbonyl (C=O) groups is 1. The fourth-order valence-electron chi connectivity index (χ4n) is 1.77. The lowest BCUT2D eigenvalue weighted by atomic mass is 10.1. The number of carbonyl (C=O) groups excluding carboxylic acids is 1. The van der Waals surface area contributed by atoms with Crippen LogP contribution in [0.5, 0.6) is 0 Å². The van der Waals surface area contributed by atoms with Crippen LogP contribution in [0.4, 0.5) is 0 Å². The Balaban J connectivity index is 0.00000196. The van der Waals surface area contributed by atoms with Gasteiger partial charge in [0.25, 0.3) is 0 Å². The molecule has 0 spiro atoms. The number of morpholine rings is 1. The average Bonchev–Trinajstić information content (AvgIpc) is 2.14. The summed E-state index contributed by atoms with van der Waals surface area (Å²) in [5, 5.41) is 0. The van der Waals surface area contributed by atoms with Crippen LogP contribution in [0.1, 0.15) is 27.2 Å². The minimum atomic E-state index is -0.354. The normalized spacial score (nSPS) is 28.1. The number of nitrogens with two attached hydrogens (primary N) is 1. The quantitative estimate of drug-likeness (QED) is 0.771. The number of ether oxygens (including phenoxy) is 1. The van der Waals surface area contributed by atoms with Gasteiger partial charge in [-0.2, -0.15) is 0 Å². The van der Waals surface area contributed by atoms with Crippen LogP contribution in [-0.4, -0.2) is 42.1 Å². The first kappa shape index (κ1) is 14.7. The smallest absolute Gasteiger partial charge is 0.239 e. The van der Waals surface area contributed by atoms with E-state index >= 15 is 0 Å². The fraction of sp³-hybridized carbons (Fsp3) is 0.900. The van der Waals surface area contributed by atoms with Gasteiger partial charge in [0.1, 0.15) is 0 Å². The average molecular weight is 237 g/mol. The van der Waals surface area contributed by atoms with E-state index in [0.29, 0.717) is 19.5 Å². The maximum atomic E-state index is 11.8.